The van der Waals surface area contributed by atoms with Gasteiger partial charge in [-0.05, 0) is 23.8 Å². The van der Waals surface area contributed by atoms with E-state index in [-0.39, 0.29) is 5.82 Å². The SMILES string of the molecule is Cn1c2c(c3ccc(F)cc31)CNC2. The molecule has 0 unspecified atom stereocenters. The van der Waals surface area contributed by atoms with Gasteiger partial charge in [0.05, 0.1) is 5.52 Å². The van der Waals surface area contributed by atoms with E-state index in [1.54, 1.807) is 6.07 Å². The fraction of sp³-hybridized carbons (Fsp3) is 0.273. The highest BCUT2D eigenvalue weighted by Crippen LogP contribution is 2.28. The van der Waals surface area contributed by atoms with E-state index < -0.39 is 0 Å². The minimum absolute atomic E-state index is 0.162. The number of benzene rings is 1. The van der Waals surface area contributed by atoms with E-state index in [0.717, 1.165) is 18.6 Å². The van der Waals surface area contributed by atoms with E-state index in [0.29, 0.717) is 0 Å². The van der Waals surface area contributed by atoms with Crippen LogP contribution in [0.1, 0.15) is 11.3 Å². The highest BCUT2D eigenvalue weighted by Gasteiger charge is 2.19. The zero-order valence-electron chi connectivity index (χ0n) is 7.97. The summed E-state index contributed by atoms with van der Waals surface area (Å²) in [6.45, 7) is 1.79. The van der Waals surface area contributed by atoms with Crippen LogP contribution in [0.4, 0.5) is 4.39 Å². The molecule has 0 amide bonds. The number of nitrogens with zero attached hydrogens (tertiary/aromatic N) is 1. The monoisotopic (exact) mass is 190 g/mol. The lowest BCUT2D eigenvalue weighted by Crippen LogP contribution is -2.04. The molecular weight excluding hydrogens is 179 g/mol. The lowest BCUT2D eigenvalue weighted by molar-refractivity contribution is 0.628. The van der Waals surface area contributed by atoms with Gasteiger partial charge in [-0.1, -0.05) is 0 Å². The van der Waals surface area contributed by atoms with Crippen molar-refractivity contribution < 1.29 is 4.39 Å². The summed E-state index contributed by atoms with van der Waals surface area (Å²) < 4.78 is 15.1. The van der Waals surface area contributed by atoms with Crippen molar-refractivity contribution in [2.75, 3.05) is 0 Å². The van der Waals surface area contributed by atoms with Gasteiger partial charge in [-0.2, -0.15) is 0 Å². The van der Waals surface area contributed by atoms with Crippen molar-refractivity contribution in [3.05, 3.63) is 35.3 Å². The Hall–Kier alpha value is -1.35. The van der Waals surface area contributed by atoms with Crippen LogP contribution in [0, 0.1) is 5.82 Å². The Kier molecular flexibility index (Phi) is 1.47. The summed E-state index contributed by atoms with van der Waals surface area (Å²) in [6.07, 6.45) is 0. The largest absolute Gasteiger partial charge is 0.346 e. The molecule has 2 heterocycles. The molecule has 1 N–H and O–H groups in total. The molecule has 14 heavy (non-hydrogen) atoms. The molecule has 0 saturated carbocycles. The van der Waals surface area contributed by atoms with Crippen molar-refractivity contribution >= 4 is 10.9 Å². The average Bonchev–Trinajstić information content (AvgIpc) is 2.72. The smallest absolute Gasteiger partial charge is 0.125 e. The first-order valence-corrected chi connectivity index (χ1v) is 4.74. The van der Waals surface area contributed by atoms with Gasteiger partial charge in [0, 0.05) is 31.2 Å². The second-order valence-corrected chi connectivity index (χ2v) is 3.75. The van der Waals surface area contributed by atoms with Crippen molar-refractivity contribution in [1.82, 2.24) is 9.88 Å². The lowest BCUT2D eigenvalue weighted by atomic mass is 10.1. The third kappa shape index (κ3) is 0.876. The van der Waals surface area contributed by atoms with Crippen molar-refractivity contribution in [3.63, 3.8) is 0 Å². The predicted molar refractivity (Wildman–Crippen MR) is 53.4 cm³/mol. The quantitative estimate of drug-likeness (QED) is 0.671. The van der Waals surface area contributed by atoms with Crippen LogP contribution in [0.25, 0.3) is 10.9 Å². The van der Waals surface area contributed by atoms with Gasteiger partial charge < -0.3 is 9.88 Å². The lowest BCUT2D eigenvalue weighted by Gasteiger charge is -2.00. The normalized spacial score (nSPS) is 15.0. The summed E-state index contributed by atoms with van der Waals surface area (Å²) in [5.74, 6) is -0.162. The topological polar surface area (TPSA) is 17.0 Å². The highest BCUT2D eigenvalue weighted by atomic mass is 19.1. The summed E-state index contributed by atoms with van der Waals surface area (Å²) in [4.78, 5) is 0. The van der Waals surface area contributed by atoms with Crippen LogP contribution in [0.2, 0.25) is 0 Å². The van der Waals surface area contributed by atoms with Crippen molar-refractivity contribution in [2.45, 2.75) is 13.1 Å². The molecule has 1 aromatic carbocycles. The van der Waals surface area contributed by atoms with Crippen LogP contribution in [0.15, 0.2) is 18.2 Å². The first-order chi connectivity index (χ1) is 6.77. The Balaban J connectivity index is 2.45. The number of hydrogen-bond donors (Lipinski definition) is 1. The maximum atomic E-state index is 13.1. The second-order valence-electron chi connectivity index (χ2n) is 3.75. The molecule has 2 nitrogen and oxygen atoms in total. The molecule has 0 atom stereocenters. The van der Waals surface area contributed by atoms with Crippen LogP contribution in [-0.2, 0) is 20.1 Å². The summed E-state index contributed by atoms with van der Waals surface area (Å²) in [6, 6.07) is 5.01. The van der Waals surface area contributed by atoms with Gasteiger partial charge in [0.25, 0.3) is 0 Å². The zero-order valence-corrected chi connectivity index (χ0v) is 7.97. The van der Waals surface area contributed by atoms with Gasteiger partial charge >= 0.3 is 0 Å². The zero-order chi connectivity index (χ0) is 9.71. The number of nitrogens with one attached hydrogen (secondary N) is 1. The number of halogens is 1. The fourth-order valence-corrected chi connectivity index (χ4v) is 2.27. The molecule has 0 saturated heterocycles. The number of aryl methyl sites for hydroxylation is 1. The molecule has 1 aliphatic rings. The predicted octanol–water partition coefficient (Wildman–Crippen LogP) is 1.92. The average molecular weight is 190 g/mol. The summed E-state index contributed by atoms with van der Waals surface area (Å²) >= 11 is 0. The van der Waals surface area contributed by atoms with Gasteiger partial charge in [-0.25, -0.2) is 4.39 Å². The first-order valence-electron chi connectivity index (χ1n) is 4.74. The molecular formula is C11H11FN2. The molecule has 0 spiro atoms. The molecule has 3 heteroatoms. The standard InChI is InChI=1S/C11H11FN2/c1-14-10-4-7(12)2-3-8(10)9-5-13-6-11(9)14/h2-4,13H,5-6H2,1H3. The third-order valence-corrected chi connectivity index (χ3v) is 2.99. The minimum Gasteiger partial charge on any atom is -0.346 e. The van der Waals surface area contributed by atoms with E-state index in [4.69, 9.17) is 0 Å². The maximum absolute atomic E-state index is 13.1. The Morgan fingerprint density at radius 3 is 3.07 bits per heavy atom. The molecule has 0 bridgehead atoms. The molecule has 3 rings (SSSR count). The molecule has 0 aliphatic carbocycles. The number of hydrogen-bond acceptors (Lipinski definition) is 1. The molecule has 0 radical (unpaired) electrons. The molecule has 1 aromatic heterocycles. The van der Waals surface area contributed by atoms with Crippen LogP contribution >= 0.6 is 0 Å². The maximum Gasteiger partial charge on any atom is 0.125 e. The van der Waals surface area contributed by atoms with Gasteiger partial charge in [-0.3, -0.25) is 0 Å². The van der Waals surface area contributed by atoms with Crippen molar-refractivity contribution in [1.29, 1.82) is 0 Å². The minimum atomic E-state index is -0.162. The van der Waals surface area contributed by atoms with Gasteiger partial charge in [0.15, 0.2) is 0 Å². The van der Waals surface area contributed by atoms with Crippen LogP contribution in [0.3, 0.4) is 0 Å². The summed E-state index contributed by atoms with van der Waals surface area (Å²) in [5.41, 5.74) is 3.60. The first kappa shape index (κ1) is 8.00. The van der Waals surface area contributed by atoms with E-state index in [9.17, 15) is 4.39 Å². The van der Waals surface area contributed by atoms with E-state index in [2.05, 4.69) is 9.88 Å². The van der Waals surface area contributed by atoms with Crippen LogP contribution in [0.5, 0.6) is 0 Å². The fourth-order valence-electron chi connectivity index (χ4n) is 2.27. The highest BCUT2D eigenvalue weighted by molar-refractivity contribution is 5.86. The summed E-state index contributed by atoms with van der Waals surface area (Å²) in [7, 11) is 1.99. The Bertz CT molecular complexity index is 513. The van der Waals surface area contributed by atoms with E-state index >= 15 is 0 Å². The molecule has 0 fully saturated rings. The number of aromatic nitrogens is 1. The number of rotatable bonds is 0. The van der Waals surface area contributed by atoms with Crippen LogP contribution in [-0.4, -0.2) is 4.57 Å². The molecule has 2 aromatic rings. The Morgan fingerprint density at radius 2 is 2.21 bits per heavy atom. The summed E-state index contributed by atoms with van der Waals surface area (Å²) in [5, 5.41) is 4.48. The second kappa shape index (κ2) is 2.58. The number of fused-ring (bicyclic) bond motifs is 3. The van der Waals surface area contributed by atoms with E-state index in [1.807, 2.05) is 13.1 Å². The van der Waals surface area contributed by atoms with Crippen LogP contribution < -0.4 is 5.32 Å². The van der Waals surface area contributed by atoms with Gasteiger partial charge in [0.1, 0.15) is 5.82 Å². The van der Waals surface area contributed by atoms with Crippen molar-refractivity contribution in [2.24, 2.45) is 7.05 Å². The van der Waals surface area contributed by atoms with E-state index in [1.165, 1.54) is 22.7 Å². The van der Waals surface area contributed by atoms with Crippen molar-refractivity contribution in [3.8, 4) is 0 Å². The van der Waals surface area contributed by atoms with Gasteiger partial charge in [0.2, 0.25) is 0 Å². The third-order valence-electron chi connectivity index (χ3n) is 2.99. The Morgan fingerprint density at radius 1 is 1.36 bits per heavy atom. The molecule has 1 aliphatic heterocycles. The van der Waals surface area contributed by atoms with Gasteiger partial charge in [-0.15, -0.1) is 0 Å². The molecule has 72 valence electrons. The Labute approximate surface area is 81.3 Å².